The lowest BCUT2D eigenvalue weighted by Gasteiger charge is -2.37. The molecule has 0 spiro atoms. The fraction of sp³-hybridized carbons (Fsp3) is 1.00. The van der Waals surface area contributed by atoms with Crippen LogP contribution in [0.5, 0.6) is 0 Å². The molecule has 0 aliphatic carbocycles. The molecule has 0 bridgehead atoms. The molecule has 0 amide bonds. The minimum absolute atomic E-state index is 0.0861. The molecule has 1 aliphatic rings. The second-order valence-electron chi connectivity index (χ2n) is 4.76. The van der Waals surface area contributed by atoms with Crippen LogP contribution in [0.1, 0.15) is 33.6 Å². The van der Waals surface area contributed by atoms with Gasteiger partial charge >= 0.3 is 0 Å². The molecule has 1 fully saturated rings. The average Bonchev–Trinajstić information content (AvgIpc) is 2.03. The lowest BCUT2D eigenvalue weighted by atomic mass is 9.75. The molecule has 0 aromatic carbocycles. The Morgan fingerprint density at radius 3 is 2.58 bits per heavy atom. The van der Waals surface area contributed by atoms with E-state index in [-0.39, 0.29) is 12.7 Å². The monoisotopic (exact) mass is 172 g/mol. The van der Waals surface area contributed by atoms with Crippen LogP contribution in [0.4, 0.5) is 0 Å². The summed E-state index contributed by atoms with van der Waals surface area (Å²) in [7, 11) is 0. The minimum Gasteiger partial charge on any atom is -0.394 e. The highest BCUT2D eigenvalue weighted by Crippen LogP contribution is 2.35. The summed E-state index contributed by atoms with van der Waals surface area (Å²) < 4.78 is 5.40. The van der Waals surface area contributed by atoms with E-state index in [1.54, 1.807) is 0 Å². The Hall–Kier alpha value is -0.0800. The molecule has 1 saturated heterocycles. The van der Waals surface area contributed by atoms with Gasteiger partial charge < -0.3 is 9.84 Å². The van der Waals surface area contributed by atoms with Crippen molar-refractivity contribution in [1.82, 2.24) is 0 Å². The van der Waals surface area contributed by atoms with Gasteiger partial charge in [0.25, 0.3) is 0 Å². The standard InChI is InChI=1S/C10H20O2/c1-10(2,3)8-4-5-12-9(6-8)7-11/h8-9,11H,4-7H2,1-3H3/t8-,9?/m0/s1. The number of aliphatic hydroxyl groups excluding tert-OH is 1. The van der Waals surface area contributed by atoms with Crippen LogP contribution >= 0.6 is 0 Å². The van der Waals surface area contributed by atoms with Crippen LogP contribution in [0.25, 0.3) is 0 Å². The van der Waals surface area contributed by atoms with E-state index in [0.29, 0.717) is 11.3 Å². The van der Waals surface area contributed by atoms with Crippen LogP contribution in [-0.2, 0) is 4.74 Å². The third-order valence-electron chi connectivity index (χ3n) is 2.80. The van der Waals surface area contributed by atoms with Crippen LogP contribution in [0.3, 0.4) is 0 Å². The zero-order chi connectivity index (χ0) is 9.19. The molecular formula is C10H20O2. The van der Waals surface area contributed by atoms with E-state index in [4.69, 9.17) is 9.84 Å². The Bertz CT molecular complexity index is 137. The lowest BCUT2D eigenvalue weighted by Crippen LogP contribution is -2.34. The highest BCUT2D eigenvalue weighted by atomic mass is 16.5. The second-order valence-corrected chi connectivity index (χ2v) is 4.76. The smallest absolute Gasteiger partial charge is 0.0808 e. The van der Waals surface area contributed by atoms with E-state index < -0.39 is 0 Å². The van der Waals surface area contributed by atoms with E-state index in [0.717, 1.165) is 19.4 Å². The van der Waals surface area contributed by atoms with Gasteiger partial charge in [-0.3, -0.25) is 0 Å². The van der Waals surface area contributed by atoms with Crippen molar-refractivity contribution in [2.24, 2.45) is 11.3 Å². The number of hydrogen-bond donors (Lipinski definition) is 1. The first-order valence-electron chi connectivity index (χ1n) is 4.76. The minimum atomic E-state index is 0.0861. The Labute approximate surface area is 74.9 Å². The van der Waals surface area contributed by atoms with E-state index in [1.807, 2.05) is 0 Å². The van der Waals surface area contributed by atoms with Gasteiger partial charge in [-0.1, -0.05) is 20.8 Å². The topological polar surface area (TPSA) is 29.5 Å². The highest BCUT2D eigenvalue weighted by molar-refractivity contribution is 4.80. The Morgan fingerprint density at radius 2 is 2.08 bits per heavy atom. The molecule has 2 heteroatoms. The van der Waals surface area contributed by atoms with Crippen molar-refractivity contribution in [2.75, 3.05) is 13.2 Å². The van der Waals surface area contributed by atoms with Gasteiger partial charge in [-0.05, 0) is 24.2 Å². The predicted molar refractivity (Wildman–Crippen MR) is 49.0 cm³/mol. The summed E-state index contributed by atoms with van der Waals surface area (Å²) in [5, 5.41) is 8.95. The summed E-state index contributed by atoms with van der Waals surface area (Å²) in [6, 6.07) is 0. The first-order chi connectivity index (χ1) is 5.54. The Morgan fingerprint density at radius 1 is 1.42 bits per heavy atom. The van der Waals surface area contributed by atoms with Gasteiger partial charge in [0.15, 0.2) is 0 Å². The molecule has 1 rings (SSSR count). The van der Waals surface area contributed by atoms with E-state index in [9.17, 15) is 0 Å². The van der Waals surface area contributed by atoms with Crippen molar-refractivity contribution in [3.63, 3.8) is 0 Å². The second kappa shape index (κ2) is 3.75. The number of hydrogen-bond acceptors (Lipinski definition) is 2. The van der Waals surface area contributed by atoms with Gasteiger partial charge in [-0.25, -0.2) is 0 Å². The van der Waals surface area contributed by atoms with Gasteiger partial charge in [0.2, 0.25) is 0 Å². The first-order valence-corrected chi connectivity index (χ1v) is 4.76. The van der Waals surface area contributed by atoms with Gasteiger partial charge in [-0.15, -0.1) is 0 Å². The van der Waals surface area contributed by atoms with E-state index in [2.05, 4.69) is 20.8 Å². The molecule has 12 heavy (non-hydrogen) atoms. The summed E-state index contributed by atoms with van der Waals surface area (Å²) in [5.74, 6) is 0.698. The molecule has 2 atom stereocenters. The molecular weight excluding hydrogens is 152 g/mol. The van der Waals surface area contributed by atoms with Crippen LogP contribution in [0.2, 0.25) is 0 Å². The van der Waals surface area contributed by atoms with Crippen LogP contribution < -0.4 is 0 Å². The predicted octanol–water partition coefficient (Wildman–Crippen LogP) is 1.82. The SMILES string of the molecule is CC(C)(C)[C@H]1CCOC(CO)C1. The van der Waals surface area contributed by atoms with Crippen molar-refractivity contribution in [1.29, 1.82) is 0 Å². The third kappa shape index (κ3) is 2.46. The molecule has 0 aromatic rings. The fourth-order valence-electron chi connectivity index (χ4n) is 1.79. The normalized spacial score (nSPS) is 32.0. The molecule has 0 saturated carbocycles. The highest BCUT2D eigenvalue weighted by Gasteiger charge is 2.30. The lowest BCUT2D eigenvalue weighted by molar-refractivity contribution is -0.0579. The molecule has 72 valence electrons. The molecule has 1 aliphatic heterocycles. The summed E-state index contributed by atoms with van der Waals surface area (Å²) in [6.07, 6.45) is 2.24. The molecule has 1 N–H and O–H groups in total. The van der Waals surface area contributed by atoms with E-state index in [1.165, 1.54) is 0 Å². The zero-order valence-electron chi connectivity index (χ0n) is 8.34. The quantitative estimate of drug-likeness (QED) is 0.653. The summed E-state index contributed by atoms with van der Waals surface area (Å²) in [5.41, 5.74) is 0.358. The average molecular weight is 172 g/mol. The van der Waals surface area contributed by atoms with Gasteiger partial charge in [0, 0.05) is 6.61 Å². The maximum Gasteiger partial charge on any atom is 0.0808 e. The number of ether oxygens (including phenoxy) is 1. The number of aliphatic hydroxyl groups is 1. The fourth-order valence-corrected chi connectivity index (χ4v) is 1.79. The largest absolute Gasteiger partial charge is 0.394 e. The first kappa shape index (κ1) is 10.0. The van der Waals surface area contributed by atoms with Crippen LogP contribution in [-0.4, -0.2) is 24.4 Å². The third-order valence-corrected chi connectivity index (χ3v) is 2.80. The summed E-state index contributed by atoms with van der Waals surface area (Å²) >= 11 is 0. The molecule has 1 heterocycles. The summed E-state index contributed by atoms with van der Waals surface area (Å²) in [4.78, 5) is 0. The molecule has 1 unspecified atom stereocenters. The molecule has 0 radical (unpaired) electrons. The van der Waals surface area contributed by atoms with Crippen molar-refractivity contribution in [3.8, 4) is 0 Å². The van der Waals surface area contributed by atoms with E-state index >= 15 is 0 Å². The van der Waals surface area contributed by atoms with Gasteiger partial charge in [-0.2, -0.15) is 0 Å². The Kier molecular flexibility index (Phi) is 3.13. The van der Waals surface area contributed by atoms with Crippen molar-refractivity contribution < 1.29 is 9.84 Å². The van der Waals surface area contributed by atoms with Crippen molar-refractivity contribution >= 4 is 0 Å². The van der Waals surface area contributed by atoms with Crippen molar-refractivity contribution in [2.45, 2.75) is 39.7 Å². The van der Waals surface area contributed by atoms with Gasteiger partial charge in [0.05, 0.1) is 12.7 Å². The van der Waals surface area contributed by atoms with Crippen molar-refractivity contribution in [3.05, 3.63) is 0 Å². The Balaban J connectivity index is 2.46. The molecule has 0 aromatic heterocycles. The molecule has 2 nitrogen and oxygen atoms in total. The maximum absolute atomic E-state index is 8.95. The number of rotatable bonds is 1. The van der Waals surface area contributed by atoms with Gasteiger partial charge in [0.1, 0.15) is 0 Å². The summed E-state index contributed by atoms with van der Waals surface area (Å²) in [6.45, 7) is 7.77. The maximum atomic E-state index is 8.95. The van der Waals surface area contributed by atoms with Crippen LogP contribution in [0, 0.1) is 11.3 Å². The van der Waals surface area contributed by atoms with Crippen LogP contribution in [0.15, 0.2) is 0 Å². The zero-order valence-corrected chi connectivity index (χ0v) is 8.34.